The molecule has 6 nitrogen and oxygen atoms in total. The summed E-state index contributed by atoms with van der Waals surface area (Å²) in [6.45, 7) is 1.66. The van der Waals surface area contributed by atoms with Crippen LogP contribution in [0.15, 0.2) is 30.3 Å². The number of benzene rings is 1. The molecule has 0 bridgehead atoms. The van der Waals surface area contributed by atoms with Gasteiger partial charge in [0.15, 0.2) is 0 Å². The number of carbonyl (C=O) groups is 2. The first-order valence-corrected chi connectivity index (χ1v) is 6.61. The van der Waals surface area contributed by atoms with Gasteiger partial charge < -0.3 is 20.1 Å². The first kappa shape index (κ1) is 14.2. The topological polar surface area (TPSA) is 78.9 Å². The molecule has 1 aromatic carbocycles. The fourth-order valence-corrected chi connectivity index (χ4v) is 2.17. The van der Waals surface area contributed by atoms with Gasteiger partial charge in [-0.1, -0.05) is 18.2 Å². The summed E-state index contributed by atoms with van der Waals surface area (Å²) < 4.78 is 5.13. The quantitative estimate of drug-likeness (QED) is 0.789. The van der Waals surface area contributed by atoms with Crippen molar-refractivity contribution < 1.29 is 19.4 Å². The molecule has 108 valence electrons. The second-order valence-electron chi connectivity index (χ2n) is 4.69. The van der Waals surface area contributed by atoms with Crippen LogP contribution in [0.25, 0.3) is 0 Å². The molecule has 1 fully saturated rings. The fourth-order valence-electron chi connectivity index (χ4n) is 2.17. The monoisotopic (exact) mass is 278 g/mol. The van der Waals surface area contributed by atoms with Crippen LogP contribution in [0.5, 0.6) is 0 Å². The third kappa shape index (κ3) is 4.15. The minimum atomic E-state index is -0.799. The molecular formula is C14H18N2O4. The van der Waals surface area contributed by atoms with Crippen LogP contribution in [0.4, 0.5) is 10.5 Å². The first-order valence-electron chi connectivity index (χ1n) is 6.61. The lowest BCUT2D eigenvalue weighted by Crippen LogP contribution is -2.35. The Labute approximate surface area is 117 Å². The molecule has 0 radical (unpaired) electrons. The van der Waals surface area contributed by atoms with Crippen molar-refractivity contribution in [3.63, 3.8) is 0 Å². The second-order valence-corrected chi connectivity index (χ2v) is 4.69. The molecule has 0 saturated carbocycles. The van der Waals surface area contributed by atoms with Crippen molar-refractivity contribution in [2.45, 2.75) is 18.9 Å². The van der Waals surface area contributed by atoms with E-state index in [0.717, 1.165) is 5.69 Å². The van der Waals surface area contributed by atoms with E-state index < -0.39 is 12.1 Å². The summed E-state index contributed by atoms with van der Waals surface area (Å²) >= 11 is 0. The molecule has 1 amide bonds. The molecule has 20 heavy (non-hydrogen) atoms. The van der Waals surface area contributed by atoms with Crippen molar-refractivity contribution in [3.05, 3.63) is 30.3 Å². The van der Waals surface area contributed by atoms with E-state index in [9.17, 15) is 9.59 Å². The van der Waals surface area contributed by atoms with Crippen LogP contribution < -0.4 is 10.2 Å². The number of cyclic esters (lactones) is 1. The van der Waals surface area contributed by atoms with Crippen molar-refractivity contribution in [3.8, 4) is 0 Å². The maximum Gasteiger partial charge on any atom is 0.407 e. The summed E-state index contributed by atoms with van der Waals surface area (Å²) in [4.78, 5) is 23.7. The number of carboxylic acid groups (broad SMARTS) is 1. The second kappa shape index (κ2) is 6.79. The molecule has 1 aromatic rings. The van der Waals surface area contributed by atoms with Crippen LogP contribution in [0.3, 0.4) is 0 Å². The van der Waals surface area contributed by atoms with Crippen LogP contribution >= 0.6 is 0 Å². The van der Waals surface area contributed by atoms with Gasteiger partial charge in [-0.3, -0.25) is 4.79 Å². The lowest BCUT2D eigenvalue weighted by Gasteiger charge is -2.26. The molecule has 1 heterocycles. The van der Waals surface area contributed by atoms with Gasteiger partial charge in [-0.2, -0.15) is 0 Å². The number of carboxylic acids is 1. The SMILES string of the molecule is O=C(O)CCCN(CC1CNC(=O)O1)c1ccccc1. The van der Waals surface area contributed by atoms with Crippen LogP contribution in [0.2, 0.25) is 0 Å². The zero-order valence-corrected chi connectivity index (χ0v) is 11.1. The molecule has 1 unspecified atom stereocenters. The average molecular weight is 278 g/mol. The predicted octanol–water partition coefficient (Wildman–Crippen LogP) is 1.47. The zero-order chi connectivity index (χ0) is 14.4. The van der Waals surface area contributed by atoms with E-state index in [1.54, 1.807) is 0 Å². The van der Waals surface area contributed by atoms with Gasteiger partial charge in [0.1, 0.15) is 6.10 Å². The highest BCUT2D eigenvalue weighted by Gasteiger charge is 2.24. The van der Waals surface area contributed by atoms with Crippen molar-refractivity contribution >= 4 is 17.7 Å². The zero-order valence-electron chi connectivity index (χ0n) is 11.1. The van der Waals surface area contributed by atoms with Gasteiger partial charge in [-0.15, -0.1) is 0 Å². The van der Waals surface area contributed by atoms with Gasteiger partial charge in [-0.25, -0.2) is 4.79 Å². The summed E-state index contributed by atoms with van der Waals surface area (Å²) in [5, 5.41) is 11.3. The summed E-state index contributed by atoms with van der Waals surface area (Å²) in [6.07, 6.45) is 0.0887. The lowest BCUT2D eigenvalue weighted by molar-refractivity contribution is -0.137. The third-order valence-corrected chi connectivity index (χ3v) is 3.11. The molecule has 1 aliphatic rings. The number of ether oxygens (including phenoxy) is 1. The molecule has 0 aliphatic carbocycles. The van der Waals surface area contributed by atoms with Crippen LogP contribution in [0.1, 0.15) is 12.8 Å². The molecule has 1 saturated heterocycles. The Bertz CT molecular complexity index is 464. The average Bonchev–Trinajstić information content (AvgIpc) is 2.84. The van der Waals surface area contributed by atoms with Crippen LogP contribution in [0, 0.1) is 0 Å². The first-order chi connectivity index (χ1) is 9.65. The van der Waals surface area contributed by atoms with E-state index in [2.05, 4.69) is 5.32 Å². The van der Waals surface area contributed by atoms with Crippen LogP contribution in [-0.4, -0.2) is 42.9 Å². The Hall–Kier alpha value is -2.24. The Morgan fingerprint density at radius 3 is 2.75 bits per heavy atom. The van der Waals surface area contributed by atoms with Gasteiger partial charge >= 0.3 is 12.1 Å². The summed E-state index contributed by atoms with van der Waals surface area (Å²) in [6, 6.07) is 9.71. The normalized spacial score (nSPS) is 17.4. The Kier molecular flexibility index (Phi) is 4.81. The molecule has 2 rings (SSSR count). The maximum atomic E-state index is 11.0. The minimum Gasteiger partial charge on any atom is -0.481 e. The largest absolute Gasteiger partial charge is 0.481 e. The highest BCUT2D eigenvalue weighted by Crippen LogP contribution is 2.16. The van der Waals surface area contributed by atoms with Crippen molar-refractivity contribution in [1.82, 2.24) is 5.32 Å². The highest BCUT2D eigenvalue weighted by molar-refractivity contribution is 5.69. The number of aliphatic carboxylic acids is 1. The van der Waals surface area contributed by atoms with Gasteiger partial charge in [-0.05, 0) is 18.6 Å². The van der Waals surface area contributed by atoms with Gasteiger partial charge in [0, 0.05) is 18.7 Å². The van der Waals surface area contributed by atoms with E-state index in [4.69, 9.17) is 9.84 Å². The van der Waals surface area contributed by atoms with E-state index in [1.165, 1.54) is 0 Å². The smallest absolute Gasteiger partial charge is 0.407 e. The third-order valence-electron chi connectivity index (χ3n) is 3.11. The van der Waals surface area contributed by atoms with Crippen molar-refractivity contribution in [2.24, 2.45) is 0 Å². The van der Waals surface area contributed by atoms with Crippen molar-refractivity contribution in [2.75, 3.05) is 24.5 Å². The lowest BCUT2D eigenvalue weighted by atomic mass is 10.2. The highest BCUT2D eigenvalue weighted by atomic mass is 16.6. The number of nitrogens with one attached hydrogen (secondary N) is 1. The maximum absolute atomic E-state index is 11.0. The molecular weight excluding hydrogens is 260 g/mol. The van der Waals surface area contributed by atoms with Gasteiger partial charge in [0.2, 0.25) is 0 Å². The summed E-state index contributed by atoms with van der Waals surface area (Å²) in [5.41, 5.74) is 1.00. The molecule has 0 spiro atoms. The number of para-hydroxylation sites is 1. The standard InChI is InChI=1S/C14H18N2O4/c17-13(18)7-4-8-16(11-5-2-1-3-6-11)10-12-9-15-14(19)20-12/h1-3,5-6,12H,4,7-10H2,(H,15,19)(H,17,18). The Balaban J connectivity index is 1.96. The molecule has 1 aliphatic heterocycles. The molecule has 0 aromatic heterocycles. The number of anilines is 1. The number of nitrogens with zero attached hydrogens (tertiary/aromatic N) is 1. The Morgan fingerprint density at radius 2 is 2.15 bits per heavy atom. The minimum absolute atomic E-state index is 0.131. The van der Waals surface area contributed by atoms with Crippen molar-refractivity contribution in [1.29, 1.82) is 0 Å². The molecule has 2 N–H and O–H groups in total. The van der Waals surface area contributed by atoms with E-state index >= 15 is 0 Å². The fraction of sp³-hybridized carbons (Fsp3) is 0.429. The van der Waals surface area contributed by atoms with E-state index in [1.807, 2.05) is 35.2 Å². The van der Waals surface area contributed by atoms with E-state index in [-0.39, 0.29) is 12.5 Å². The predicted molar refractivity (Wildman–Crippen MR) is 73.8 cm³/mol. The number of amides is 1. The van der Waals surface area contributed by atoms with Gasteiger partial charge in [0.05, 0.1) is 13.1 Å². The summed E-state index contributed by atoms with van der Waals surface area (Å²) in [5.74, 6) is -0.799. The number of rotatable bonds is 7. The number of hydrogen-bond acceptors (Lipinski definition) is 4. The number of alkyl carbamates (subject to hydrolysis) is 1. The number of hydrogen-bond donors (Lipinski definition) is 2. The Morgan fingerprint density at radius 1 is 1.40 bits per heavy atom. The molecule has 1 atom stereocenters. The van der Waals surface area contributed by atoms with Gasteiger partial charge in [0.25, 0.3) is 0 Å². The number of carbonyl (C=O) groups excluding carboxylic acids is 1. The summed E-state index contributed by atoms with van der Waals surface area (Å²) in [7, 11) is 0. The molecule has 6 heteroatoms. The van der Waals surface area contributed by atoms with E-state index in [0.29, 0.717) is 26.1 Å². The van der Waals surface area contributed by atoms with Crippen LogP contribution in [-0.2, 0) is 9.53 Å².